The zero-order valence-electron chi connectivity index (χ0n) is 20.0. The average Bonchev–Trinajstić information content (AvgIpc) is 2.88. The topological polar surface area (TPSA) is 371 Å². The highest BCUT2D eigenvalue weighted by Crippen LogP contribution is 2.47. The lowest BCUT2D eigenvalue weighted by molar-refractivity contribution is -0.140. The van der Waals surface area contributed by atoms with Crippen LogP contribution in [0.5, 0.6) is 0 Å². The van der Waals surface area contributed by atoms with Crippen LogP contribution in [0.3, 0.4) is 0 Å². The van der Waals surface area contributed by atoms with Gasteiger partial charge in [-0.1, -0.05) is 0 Å². The fourth-order valence-corrected chi connectivity index (χ4v) is 4.12. The summed E-state index contributed by atoms with van der Waals surface area (Å²) < 4.78 is 56.2. The molecular weight excluding hydrogens is 625 g/mol. The number of phosphoric acid groups is 3. The van der Waals surface area contributed by atoms with Gasteiger partial charge in [-0.15, -0.1) is 0 Å². The van der Waals surface area contributed by atoms with Crippen LogP contribution in [0.25, 0.3) is 0 Å². The molecule has 0 aliphatic rings. The van der Waals surface area contributed by atoms with Crippen LogP contribution < -0.4 is 0 Å². The van der Waals surface area contributed by atoms with Crippen molar-refractivity contribution in [2.75, 3.05) is 39.6 Å². The Morgan fingerprint density at radius 2 is 1.00 bits per heavy atom. The summed E-state index contributed by atoms with van der Waals surface area (Å²) in [6, 6.07) is 0. The Balaban J connectivity index is 5.55. The first-order valence-electron chi connectivity index (χ1n) is 10.3. The molecule has 0 aliphatic heterocycles. The van der Waals surface area contributed by atoms with E-state index in [2.05, 4.69) is 22.6 Å². The molecule has 0 aliphatic carbocycles. The molecule has 40 heavy (non-hydrogen) atoms. The molecule has 0 amide bonds. The summed E-state index contributed by atoms with van der Waals surface area (Å²) in [6.45, 7) is -8.09. The fraction of sp³-hybridized carbons (Fsp3) is 0.800. The van der Waals surface area contributed by atoms with E-state index in [-0.39, 0.29) is 0 Å². The standard InChI is InChI=1S/C15H29O22P3/c16-1-7(18)13(23)9(20)4-34-39(29,30)36-6-12(15(25)11(22)3-33-38(26,27)28)37-40(31,32)35-5-10(21)14(24)8(19)2-17/h9-14,16-17,20-24H,1-6H2,(H,29,30)(H,31,32)(H2,26,27,28)/t9-,10-,11-,12-,13+,14+/m1/s1. The minimum atomic E-state index is -5.56. The zero-order valence-corrected chi connectivity index (χ0v) is 22.6. The van der Waals surface area contributed by atoms with Crippen molar-refractivity contribution < 1.29 is 106 Å². The van der Waals surface area contributed by atoms with Gasteiger partial charge in [-0.05, 0) is 0 Å². The molecule has 0 spiro atoms. The van der Waals surface area contributed by atoms with Crippen LogP contribution in [0.4, 0.5) is 0 Å². The largest absolute Gasteiger partial charge is 0.473 e. The molecule has 0 rings (SSSR count). The molecule has 22 nitrogen and oxygen atoms in total. The Morgan fingerprint density at radius 1 is 0.600 bits per heavy atom. The van der Waals surface area contributed by atoms with Crippen LogP contribution >= 0.6 is 23.5 Å². The molecule has 2 unspecified atom stereocenters. The summed E-state index contributed by atoms with van der Waals surface area (Å²) in [6.07, 6.45) is -14.1. The van der Waals surface area contributed by atoms with E-state index in [0.29, 0.717) is 0 Å². The van der Waals surface area contributed by atoms with E-state index in [4.69, 9.17) is 20.0 Å². The minimum Gasteiger partial charge on any atom is -0.388 e. The summed E-state index contributed by atoms with van der Waals surface area (Å²) in [4.78, 5) is 71.5. The summed E-state index contributed by atoms with van der Waals surface area (Å²) >= 11 is 0. The van der Waals surface area contributed by atoms with Gasteiger partial charge in [-0.25, -0.2) is 13.7 Å². The molecule has 0 fully saturated rings. The monoisotopic (exact) mass is 654 g/mol. The van der Waals surface area contributed by atoms with E-state index < -0.39 is 117 Å². The van der Waals surface area contributed by atoms with Gasteiger partial charge in [0.1, 0.15) is 43.7 Å². The van der Waals surface area contributed by atoms with Crippen molar-refractivity contribution in [1.82, 2.24) is 0 Å². The van der Waals surface area contributed by atoms with Gasteiger partial charge in [0.25, 0.3) is 0 Å². The number of carbonyl (C=O) groups excluding carboxylic acids is 3. The van der Waals surface area contributed by atoms with E-state index >= 15 is 0 Å². The SMILES string of the molecule is O=C([C@H](O)COP(=O)(O)O)[C@@H](COP(=O)(O)OC[C@@H](O)[C@@H](O)C(=O)CO)OP(=O)(O)OC[C@@H](O)[C@@H](O)C(=O)CO. The van der Waals surface area contributed by atoms with E-state index in [9.17, 15) is 63.4 Å². The van der Waals surface area contributed by atoms with E-state index in [1.54, 1.807) is 0 Å². The lowest BCUT2D eigenvalue weighted by atomic mass is 10.1. The van der Waals surface area contributed by atoms with Crippen LogP contribution in [0.15, 0.2) is 0 Å². The number of rotatable bonds is 22. The predicted molar refractivity (Wildman–Crippen MR) is 120 cm³/mol. The number of phosphoric ester groups is 3. The van der Waals surface area contributed by atoms with Gasteiger partial charge in [0, 0.05) is 0 Å². The van der Waals surface area contributed by atoms with Crippen molar-refractivity contribution in [3.63, 3.8) is 0 Å². The maximum atomic E-state index is 12.4. The third kappa shape index (κ3) is 15.3. The summed E-state index contributed by atoms with van der Waals surface area (Å²) in [5.74, 6) is -4.39. The van der Waals surface area contributed by atoms with Crippen molar-refractivity contribution in [2.24, 2.45) is 0 Å². The van der Waals surface area contributed by atoms with Crippen LogP contribution in [-0.4, -0.2) is 149 Å². The van der Waals surface area contributed by atoms with Gasteiger partial charge in [0.05, 0.1) is 26.4 Å². The number of hydrogen-bond acceptors (Lipinski definition) is 18. The highest BCUT2D eigenvalue weighted by Gasteiger charge is 2.39. The smallest absolute Gasteiger partial charge is 0.388 e. The molecule has 8 atom stereocenters. The number of carbonyl (C=O) groups is 3. The fourth-order valence-electron chi connectivity index (χ4n) is 2.16. The highest BCUT2D eigenvalue weighted by atomic mass is 31.2. The van der Waals surface area contributed by atoms with Gasteiger partial charge in [-0.3, -0.25) is 37.0 Å². The summed E-state index contributed by atoms with van der Waals surface area (Å²) in [5.41, 5.74) is 0. The van der Waals surface area contributed by atoms with Crippen LogP contribution in [-0.2, 0) is 50.7 Å². The molecule has 0 bridgehead atoms. The number of hydrogen-bond donors (Lipinski definition) is 11. The Labute approximate surface area is 223 Å². The van der Waals surface area contributed by atoms with Crippen LogP contribution in [0.2, 0.25) is 0 Å². The highest BCUT2D eigenvalue weighted by molar-refractivity contribution is 7.47. The first-order chi connectivity index (χ1) is 18.2. The normalized spacial score (nSPS) is 19.9. The molecule has 11 N–H and O–H groups in total. The van der Waals surface area contributed by atoms with E-state index in [1.165, 1.54) is 0 Å². The van der Waals surface area contributed by atoms with Crippen LogP contribution in [0.1, 0.15) is 0 Å². The van der Waals surface area contributed by atoms with Crippen LogP contribution in [0, 0.1) is 0 Å². The molecular formula is C15H29O22P3. The van der Waals surface area contributed by atoms with Gasteiger partial charge in [-0.2, -0.15) is 0 Å². The molecule has 0 heterocycles. The quantitative estimate of drug-likeness (QED) is 0.0484. The molecule has 0 saturated carbocycles. The molecule has 0 aromatic rings. The third-order valence-corrected chi connectivity index (χ3v) is 6.65. The summed E-state index contributed by atoms with van der Waals surface area (Å²) in [7, 11) is -16.2. The van der Waals surface area contributed by atoms with E-state index in [0.717, 1.165) is 0 Å². The second-order valence-corrected chi connectivity index (χ2v) is 11.5. The second kappa shape index (κ2) is 17.2. The molecule has 25 heteroatoms. The molecule has 0 aromatic carbocycles. The zero-order chi connectivity index (χ0) is 31.5. The molecule has 0 radical (unpaired) electrons. The minimum absolute atomic E-state index is 1.21. The maximum Gasteiger partial charge on any atom is 0.473 e. The van der Waals surface area contributed by atoms with Crippen molar-refractivity contribution in [2.45, 2.75) is 36.6 Å². The second-order valence-electron chi connectivity index (χ2n) is 7.40. The number of aliphatic hydroxyl groups is 7. The maximum absolute atomic E-state index is 12.4. The van der Waals surface area contributed by atoms with E-state index in [1.807, 2.05) is 0 Å². The first-order valence-corrected chi connectivity index (χ1v) is 14.9. The Bertz CT molecular complexity index is 980. The number of Topliss-reactive ketones (excluding diaryl/α,β-unsaturated/α-hetero) is 3. The van der Waals surface area contributed by atoms with Crippen molar-refractivity contribution in [1.29, 1.82) is 0 Å². The Kier molecular flexibility index (Phi) is 16.8. The lowest BCUT2D eigenvalue weighted by Gasteiger charge is -2.24. The van der Waals surface area contributed by atoms with Crippen molar-refractivity contribution in [3.05, 3.63) is 0 Å². The Morgan fingerprint density at radius 3 is 1.40 bits per heavy atom. The van der Waals surface area contributed by atoms with Crippen molar-refractivity contribution >= 4 is 40.8 Å². The van der Waals surface area contributed by atoms with Crippen molar-refractivity contribution in [3.8, 4) is 0 Å². The van der Waals surface area contributed by atoms with Gasteiger partial charge < -0.3 is 55.3 Å². The summed E-state index contributed by atoms with van der Waals surface area (Å²) in [5, 5.41) is 65.0. The number of aliphatic hydroxyl groups excluding tert-OH is 7. The molecule has 236 valence electrons. The predicted octanol–water partition coefficient (Wildman–Crippen LogP) is -5.77. The molecule has 0 aromatic heterocycles. The molecule has 0 saturated heterocycles. The third-order valence-electron chi connectivity index (χ3n) is 4.21. The van der Waals surface area contributed by atoms with Gasteiger partial charge in [0.15, 0.2) is 23.5 Å². The lowest BCUT2D eigenvalue weighted by Crippen LogP contribution is -2.40. The Hall–Kier alpha value is -0.940. The number of ketones is 3. The first kappa shape index (κ1) is 39.1. The van der Waals surface area contributed by atoms with Gasteiger partial charge in [0.2, 0.25) is 0 Å². The van der Waals surface area contributed by atoms with Gasteiger partial charge >= 0.3 is 23.5 Å². The average molecular weight is 654 g/mol.